The molecule has 225 valence electrons. The summed E-state index contributed by atoms with van der Waals surface area (Å²) in [5, 5.41) is 2.95. The molecule has 0 unspecified atom stereocenters. The van der Waals surface area contributed by atoms with Crippen molar-refractivity contribution in [2.75, 3.05) is 44.2 Å². The first-order chi connectivity index (χ1) is 19.5. The molecule has 2 nitrogen and oxygen atoms in total. The molecule has 2 aromatic rings. The van der Waals surface area contributed by atoms with Gasteiger partial charge in [0.1, 0.15) is 0 Å². The molecular weight excluding hydrogens is 606 g/mol. The quantitative estimate of drug-likeness (QED) is 0.102. The van der Waals surface area contributed by atoms with Crippen LogP contribution in [0.25, 0.3) is 10.8 Å². The monoisotopic (exact) mass is 667 g/mol. The zero-order chi connectivity index (χ0) is 29.0. The van der Waals surface area contributed by atoms with Gasteiger partial charge in [-0.25, -0.2) is 0 Å². The van der Waals surface area contributed by atoms with E-state index in [0.29, 0.717) is 0 Å². The van der Waals surface area contributed by atoms with E-state index in [0.717, 1.165) is 0 Å². The van der Waals surface area contributed by atoms with Gasteiger partial charge in [-0.15, -0.1) is 0 Å². The van der Waals surface area contributed by atoms with E-state index < -0.39 is 28.7 Å². The molecule has 0 saturated heterocycles. The van der Waals surface area contributed by atoms with Crippen LogP contribution < -0.4 is 7.26 Å². The Labute approximate surface area is 258 Å². The van der Waals surface area contributed by atoms with Crippen LogP contribution in [0.1, 0.15) is 119 Å². The van der Waals surface area contributed by atoms with Gasteiger partial charge in [-0.05, 0) is 0 Å². The van der Waals surface area contributed by atoms with Crippen molar-refractivity contribution < 1.29 is 0 Å². The van der Waals surface area contributed by atoms with Gasteiger partial charge in [0, 0.05) is 0 Å². The topological polar surface area (TPSA) is 6.48 Å². The number of rotatable bonds is 20. The molecule has 0 aliphatic carbocycles. The third-order valence-corrected chi connectivity index (χ3v) is 30.9. The number of hydrogen-bond acceptors (Lipinski definition) is 2. The summed E-state index contributed by atoms with van der Waals surface area (Å²) in [4.78, 5) is 0. The van der Waals surface area contributed by atoms with Crippen LogP contribution in [-0.4, -0.2) is 50.8 Å². The van der Waals surface area contributed by atoms with Gasteiger partial charge < -0.3 is 0 Å². The van der Waals surface area contributed by atoms with E-state index >= 15 is 0 Å². The summed E-state index contributed by atoms with van der Waals surface area (Å²) in [6, 6.07) is 14.3. The second kappa shape index (κ2) is 17.3. The van der Waals surface area contributed by atoms with Gasteiger partial charge in [0.25, 0.3) is 0 Å². The van der Waals surface area contributed by atoms with Crippen molar-refractivity contribution in [3.8, 4) is 0 Å². The predicted octanol–water partition coefficient (Wildman–Crippen LogP) is 12.4. The third kappa shape index (κ3) is 7.73. The van der Waals surface area contributed by atoms with E-state index in [1.807, 2.05) is 0 Å². The molecule has 0 spiro atoms. The summed E-state index contributed by atoms with van der Waals surface area (Å²) >= 11 is -2.38. The molecule has 1 heterocycles. The molecule has 0 saturated carbocycles. The summed E-state index contributed by atoms with van der Waals surface area (Å²) in [6.07, 6.45) is 24.2. The van der Waals surface area contributed by atoms with Gasteiger partial charge in [-0.2, -0.15) is 0 Å². The molecule has 0 N–H and O–H groups in total. The SMILES string of the molecule is CCCC[P+](CCCC)(CCCC)[N]1c2cccc3cccc(c23)[N]([P+](CCCC)(CCCC)CCCC)[Ge]1[Cl]. The molecule has 0 bridgehead atoms. The molecule has 1 aliphatic heterocycles. The number of hydrogen-bond donors (Lipinski definition) is 0. The molecule has 6 heteroatoms. The van der Waals surface area contributed by atoms with E-state index in [-0.39, 0.29) is 0 Å². The van der Waals surface area contributed by atoms with Gasteiger partial charge in [0.05, 0.1) is 0 Å². The fourth-order valence-corrected chi connectivity index (χ4v) is 34.1. The van der Waals surface area contributed by atoms with E-state index in [2.05, 4.69) is 85.2 Å². The minimum atomic E-state index is -2.38. The molecule has 40 heavy (non-hydrogen) atoms. The summed E-state index contributed by atoms with van der Waals surface area (Å²) in [5.74, 6) is 0. The Bertz CT molecular complexity index is 900. The molecule has 1 radical (unpaired) electrons. The van der Waals surface area contributed by atoms with Crippen molar-refractivity contribution in [3.05, 3.63) is 36.4 Å². The van der Waals surface area contributed by atoms with Crippen molar-refractivity contribution >= 4 is 60.8 Å². The summed E-state index contributed by atoms with van der Waals surface area (Å²) < 4.78 is 6.17. The molecule has 0 aromatic heterocycles. The van der Waals surface area contributed by atoms with Crippen molar-refractivity contribution in [1.82, 2.24) is 0 Å². The maximum atomic E-state index is 8.28. The summed E-state index contributed by atoms with van der Waals surface area (Å²) in [5.41, 5.74) is 3.04. The van der Waals surface area contributed by atoms with Gasteiger partial charge in [0.15, 0.2) is 0 Å². The molecule has 0 amide bonds. The zero-order valence-electron chi connectivity index (χ0n) is 26.9. The molecular formula is C34H60ClGeN2P2+2. The van der Waals surface area contributed by atoms with Gasteiger partial charge in [0.2, 0.25) is 0 Å². The van der Waals surface area contributed by atoms with Crippen LogP contribution >= 0.6 is 24.8 Å². The van der Waals surface area contributed by atoms with Gasteiger partial charge in [-0.3, -0.25) is 0 Å². The summed E-state index contributed by atoms with van der Waals surface area (Å²) in [7, 11) is 5.42. The molecule has 2 aromatic carbocycles. The van der Waals surface area contributed by atoms with E-state index in [9.17, 15) is 0 Å². The molecule has 1 aliphatic rings. The Kier molecular flexibility index (Phi) is 14.9. The number of unbranched alkanes of at least 4 members (excludes halogenated alkanes) is 6. The molecule has 0 fully saturated rings. The minimum absolute atomic E-state index is 1.29. The van der Waals surface area contributed by atoms with Crippen LogP contribution in [0.15, 0.2) is 36.4 Å². The predicted molar refractivity (Wildman–Crippen MR) is 193 cm³/mol. The Hall–Kier alpha value is -0.00714. The molecule has 0 atom stereocenters. The Morgan fingerprint density at radius 3 is 1.10 bits per heavy atom. The second-order valence-electron chi connectivity index (χ2n) is 12.2. The van der Waals surface area contributed by atoms with Crippen molar-refractivity contribution in [1.29, 1.82) is 0 Å². The van der Waals surface area contributed by atoms with E-state index in [1.165, 1.54) is 136 Å². The fraction of sp³-hybridized carbons (Fsp3) is 0.706. The van der Waals surface area contributed by atoms with Crippen LogP contribution in [-0.2, 0) is 0 Å². The van der Waals surface area contributed by atoms with Crippen molar-refractivity contribution in [3.63, 3.8) is 0 Å². The van der Waals surface area contributed by atoms with Gasteiger partial charge >= 0.3 is 260 Å². The first-order valence-electron chi connectivity index (χ1n) is 16.9. The molecule has 3 rings (SSSR count). The number of anilines is 2. The van der Waals surface area contributed by atoms with Gasteiger partial charge in [-0.1, -0.05) is 0 Å². The number of nitrogens with zero attached hydrogens (tertiary/aromatic N) is 2. The zero-order valence-corrected chi connectivity index (χ0v) is 31.5. The van der Waals surface area contributed by atoms with Crippen molar-refractivity contribution in [2.45, 2.75) is 119 Å². The van der Waals surface area contributed by atoms with Crippen LogP contribution in [0.3, 0.4) is 0 Å². The normalized spacial score (nSPS) is 14.5. The standard InChI is InChI=1S/C34H60ClGeN2P2/c1-7-13-25-39(26-14-8-2,27-15-9-3)37-32-23-19-21-31-22-20-24-33(34(31)32)38(36(37)35)40(28-16-10-4,29-17-11-5)30-18-12-6/h19-24H,7-18,25-30H2,1-6H3/q+2. The number of halogens is 1. The van der Waals surface area contributed by atoms with E-state index in [4.69, 9.17) is 10.0 Å². The fourth-order valence-electron chi connectivity index (χ4n) is 6.74. The number of benzene rings is 2. The first kappa shape index (κ1) is 34.5. The van der Waals surface area contributed by atoms with Crippen LogP contribution in [0, 0.1) is 0 Å². The third-order valence-electron chi connectivity index (χ3n) is 9.08. The Morgan fingerprint density at radius 1 is 0.525 bits per heavy atom. The average Bonchev–Trinajstić information content (AvgIpc) is 2.98. The second-order valence-corrected chi connectivity index (χ2v) is 26.4. The Morgan fingerprint density at radius 2 is 0.825 bits per heavy atom. The average molecular weight is 667 g/mol. The van der Waals surface area contributed by atoms with Crippen molar-refractivity contribution in [2.24, 2.45) is 0 Å². The first-order valence-corrected chi connectivity index (χ1v) is 26.1. The van der Waals surface area contributed by atoms with Crippen LogP contribution in [0.2, 0.25) is 0 Å². The van der Waals surface area contributed by atoms with E-state index in [1.54, 1.807) is 0 Å². The Balaban J connectivity index is 2.34. The summed E-state index contributed by atoms with van der Waals surface area (Å²) in [6.45, 7) is 14.3. The van der Waals surface area contributed by atoms with Crippen LogP contribution in [0.4, 0.5) is 11.4 Å². The maximum absolute atomic E-state index is 8.28. The van der Waals surface area contributed by atoms with Crippen LogP contribution in [0.5, 0.6) is 0 Å².